The van der Waals surface area contributed by atoms with Gasteiger partial charge in [0.05, 0.1) is 33.6 Å². The molecule has 0 bridgehead atoms. The van der Waals surface area contributed by atoms with E-state index in [1.807, 2.05) is 6.07 Å². The molecule has 8 heteroatoms. The van der Waals surface area contributed by atoms with Gasteiger partial charge in [-0.3, -0.25) is 14.6 Å². The second-order valence-electron chi connectivity index (χ2n) is 5.24. The molecule has 0 aliphatic rings. The van der Waals surface area contributed by atoms with Crippen LogP contribution in [0.1, 0.15) is 12.1 Å². The van der Waals surface area contributed by atoms with E-state index in [0.29, 0.717) is 28.6 Å². The summed E-state index contributed by atoms with van der Waals surface area (Å²) in [5, 5.41) is 5.29. The van der Waals surface area contributed by atoms with Gasteiger partial charge in [0.1, 0.15) is 6.42 Å². The summed E-state index contributed by atoms with van der Waals surface area (Å²) >= 11 is 0. The number of rotatable bonds is 8. The van der Waals surface area contributed by atoms with Gasteiger partial charge in [0.15, 0.2) is 11.5 Å². The molecule has 1 aromatic heterocycles. The first-order chi connectivity index (χ1) is 12.6. The van der Waals surface area contributed by atoms with Crippen molar-refractivity contribution >= 4 is 17.5 Å². The number of nitrogens with one attached hydrogen (secondary N) is 2. The molecule has 138 valence electrons. The van der Waals surface area contributed by atoms with Gasteiger partial charge >= 0.3 is 0 Å². The maximum absolute atomic E-state index is 12.1. The molecule has 0 aliphatic heterocycles. The largest absolute Gasteiger partial charge is 0.493 e. The van der Waals surface area contributed by atoms with Crippen LogP contribution < -0.4 is 24.8 Å². The van der Waals surface area contributed by atoms with Crippen LogP contribution >= 0.6 is 0 Å². The zero-order chi connectivity index (χ0) is 18.9. The van der Waals surface area contributed by atoms with Gasteiger partial charge in [-0.25, -0.2) is 0 Å². The maximum atomic E-state index is 12.1. The van der Waals surface area contributed by atoms with E-state index in [0.717, 1.165) is 0 Å². The Morgan fingerprint density at radius 2 is 1.69 bits per heavy atom. The van der Waals surface area contributed by atoms with Crippen LogP contribution in [0.5, 0.6) is 17.2 Å². The van der Waals surface area contributed by atoms with Crippen molar-refractivity contribution < 1.29 is 23.8 Å². The Balaban J connectivity index is 1.95. The Bertz CT molecular complexity index is 740. The van der Waals surface area contributed by atoms with Gasteiger partial charge in [-0.05, 0) is 12.1 Å². The molecule has 0 fully saturated rings. The lowest BCUT2D eigenvalue weighted by molar-refractivity contribution is -0.126. The lowest BCUT2D eigenvalue weighted by Crippen LogP contribution is -2.28. The monoisotopic (exact) mass is 359 g/mol. The number of aromatic nitrogens is 1. The standard InChI is InChI=1S/C18H21N3O5/c1-24-14-8-13(9-15(25-2)18(14)26-3)21-17(23)10-16(22)20-11-12-6-4-5-7-19-12/h4-9H,10-11H2,1-3H3,(H,20,22)(H,21,23). The van der Waals surface area contributed by atoms with Gasteiger partial charge < -0.3 is 24.8 Å². The van der Waals surface area contributed by atoms with E-state index in [2.05, 4.69) is 15.6 Å². The molecule has 0 atom stereocenters. The van der Waals surface area contributed by atoms with Crippen LogP contribution in [0.15, 0.2) is 36.5 Å². The van der Waals surface area contributed by atoms with E-state index in [1.54, 1.807) is 30.5 Å². The number of amides is 2. The average molecular weight is 359 g/mol. The fourth-order valence-electron chi connectivity index (χ4n) is 2.26. The lowest BCUT2D eigenvalue weighted by atomic mass is 10.2. The van der Waals surface area contributed by atoms with Crippen LogP contribution in [-0.2, 0) is 16.1 Å². The zero-order valence-electron chi connectivity index (χ0n) is 14.9. The summed E-state index contributed by atoms with van der Waals surface area (Å²) in [6.07, 6.45) is 1.32. The Labute approximate surface area is 151 Å². The molecule has 2 amide bonds. The molecule has 0 unspecified atom stereocenters. The summed E-state index contributed by atoms with van der Waals surface area (Å²) in [4.78, 5) is 28.1. The molecule has 2 aromatic rings. The Morgan fingerprint density at radius 3 is 2.23 bits per heavy atom. The number of carbonyl (C=O) groups excluding carboxylic acids is 2. The van der Waals surface area contributed by atoms with Crippen LogP contribution in [0.2, 0.25) is 0 Å². The molecule has 0 saturated carbocycles. The molecule has 0 radical (unpaired) electrons. The first kappa shape index (κ1) is 19.0. The van der Waals surface area contributed by atoms with Crippen molar-refractivity contribution in [2.45, 2.75) is 13.0 Å². The summed E-state index contributed by atoms with van der Waals surface area (Å²) in [5.74, 6) is 0.364. The number of hydrogen-bond donors (Lipinski definition) is 2. The number of anilines is 1. The van der Waals surface area contributed by atoms with E-state index in [9.17, 15) is 9.59 Å². The summed E-state index contributed by atoms with van der Waals surface area (Å²) < 4.78 is 15.7. The minimum absolute atomic E-state index is 0.261. The highest BCUT2D eigenvalue weighted by atomic mass is 16.5. The average Bonchev–Trinajstić information content (AvgIpc) is 2.66. The zero-order valence-corrected chi connectivity index (χ0v) is 14.9. The second-order valence-corrected chi connectivity index (χ2v) is 5.24. The van der Waals surface area contributed by atoms with E-state index >= 15 is 0 Å². The number of carbonyl (C=O) groups is 2. The van der Waals surface area contributed by atoms with Gasteiger partial charge in [0, 0.05) is 24.0 Å². The van der Waals surface area contributed by atoms with E-state index < -0.39 is 11.8 Å². The second kappa shape index (κ2) is 9.26. The number of ether oxygens (including phenoxy) is 3. The number of methoxy groups -OCH3 is 3. The Hall–Kier alpha value is -3.29. The summed E-state index contributed by atoms with van der Waals surface area (Å²) in [6.45, 7) is 0.261. The van der Waals surface area contributed by atoms with Gasteiger partial charge in [-0.15, -0.1) is 0 Å². The van der Waals surface area contributed by atoms with Crippen molar-refractivity contribution in [2.24, 2.45) is 0 Å². The highest BCUT2D eigenvalue weighted by Crippen LogP contribution is 2.39. The fourth-order valence-corrected chi connectivity index (χ4v) is 2.26. The first-order valence-corrected chi connectivity index (χ1v) is 7.83. The van der Waals surface area contributed by atoms with Crippen molar-refractivity contribution in [2.75, 3.05) is 26.6 Å². The molecule has 2 N–H and O–H groups in total. The normalized spacial score (nSPS) is 9.96. The number of nitrogens with zero attached hydrogens (tertiary/aromatic N) is 1. The molecule has 1 heterocycles. The number of hydrogen-bond acceptors (Lipinski definition) is 6. The quantitative estimate of drug-likeness (QED) is 0.697. The summed E-state index contributed by atoms with van der Waals surface area (Å²) in [5.41, 5.74) is 1.15. The minimum atomic E-state index is -0.460. The van der Waals surface area contributed by atoms with Crippen molar-refractivity contribution in [1.82, 2.24) is 10.3 Å². The van der Waals surface area contributed by atoms with Gasteiger partial charge in [0.25, 0.3) is 0 Å². The van der Waals surface area contributed by atoms with Crippen LogP contribution in [0, 0.1) is 0 Å². The van der Waals surface area contributed by atoms with Gasteiger partial charge in [-0.2, -0.15) is 0 Å². The van der Waals surface area contributed by atoms with Crippen LogP contribution in [0.4, 0.5) is 5.69 Å². The maximum Gasteiger partial charge on any atom is 0.233 e. The smallest absolute Gasteiger partial charge is 0.233 e. The lowest BCUT2D eigenvalue weighted by Gasteiger charge is -2.14. The first-order valence-electron chi connectivity index (χ1n) is 7.83. The number of pyridine rings is 1. The Kier molecular flexibility index (Phi) is 6.78. The van der Waals surface area contributed by atoms with Crippen LogP contribution in [0.25, 0.3) is 0 Å². The third kappa shape index (κ3) is 5.10. The number of benzene rings is 1. The Morgan fingerprint density at radius 1 is 1.00 bits per heavy atom. The molecule has 1 aromatic carbocycles. The van der Waals surface area contributed by atoms with E-state index in [-0.39, 0.29) is 13.0 Å². The third-order valence-corrected chi connectivity index (χ3v) is 3.46. The van der Waals surface area contributed by atoms with Crippen molar-refractivity contribution in [1.29, 1.82) is 0 Å². The summed E-state index contributed by atoms with van der Waals surface area (Å²) in [7, 11) is 4.45. The predicted octanol–water partition coefficient (Wildman–Crippen LogP) is 1.75. The summed E-state index contributed by atoms with van der Waals surface area (Å²) in [6, 6.07) is 8.58. The molecule has 8 nitrogen and oxygen atoms in total. The third-order valence-electron chi connectivity index (χ3n) is 3.46. The van der Waals surface area contributed by atoms with Crippen LogP contribution in [-0.4, -0.2) is 38.1 Å². The molecule has 2 rings (SSSR count). The topological polar surface area (TPSA) is 98.8 Å². The SMILES string of the molecule is COc1cc(NC(=O)CC(=O)NCc2ccccn2)cc(OC)c1OC. The predicted molar refractivity (Wildman–Crippen MR) is 95.4 cm³/mol. The van der Waals surface area contributed by atoms with Crippen molar-refractivity contribution in [3.05, 3.63) is 42.2 Å². The fraction of sp³-hybridized carbons (Fsp3) is 0.278. The molecule has 0 spiro atoms. The van der Waals surface area contributed by atoms with Crippen LogP contribution in [0.3, 0.4) is 0 Å². The van der Waals surface area contributed by atoms with Gasteiger partial charge in [0.2, 0.25) is 17.6 Å². The highest BCUT2D eigenvalue weighted by molar-refractivity contribution is 6.03. The highest BCUT2D eigenvalue weighted by Gasteiger charge is 2.15. The molecular formula is C18H21N3O5. The minimum Gasteiger partial charge on any atom is -0.493 e. The van der Waals surface area contributed by atoms with E-state index in [4.69, 9.17) is 14.2 Å². The molecule has 0 saturated heterocycles. The van der Waals surface area contributed by atoms with Gasteiger partial charge in [-0.1, -0.05) is 6.07 Å². The molecular weight excluding hydrogens is 338 g/mol. The molecule has 26 heavy (non-hydrogen) atoms. The van der Waals surface area contributed by atoms with Crippen molar-refractivity contribution in [3.8, 4) is 17.2 Å². The van der Waals surface area contributed by atoms with Crippen molar-refractivity contribution in [3.63, 3.8) is 0 Å². The van der Waals surface area contributed by atoms with E-state index in [1.165, 1.54) is 21.3 Å². The molecule has 0 aliphatic carbocycles.